The van der Waals surface area contributed by atoms with Gasteiger partial charge in [0.05, 0.1) is 13.7 Å². The number of alkyl halides is 3. The molecule has 1 aromatic rings. The van der Waals surface area contributed by atoms with Crippen molar-refractivity contribution in [2.24, 2.45) is 0 Å². The summed E-state index contributed by atoms with van der Waals surface area (Å²) in [4.78, 5) is 9.35. The van der Waals surface area contributed by atoms with Crippen molar-refractivity contribution < 1.29 is 13.5 Å². The first-order chi connectivity index (χ1) is 7.67. The Morgan fingerprint density at radius 2 is 2.31 bits per heavy atom. The van der Waals surface area contributed by atoms with Gasteiger partial charge in [0.1, 0.15) is 0 Å². The molecule has 0 aromatic carbocycles. The van der Waals surface area contributed by atoms with Gasteiger partial charge in [-0.15, -0.1) is 0 Å². The molecule has 0 N–H and O–H groups in total. The van der Waals surface area contributed by atoms with Gasteiger partial charge in [0.25, 0.3) is 6.43 Å². The van der Waals surface area contributed by atoms with Gasteiger partial charge >= 0.3 is 0 Å². The van der Waals surface area contributed by atoms with E-state index in [2.05, 4.69) is 25.9 Å². The summed E-state index contributed by atoms with van der Waals surface area (Å²) in [5.74, 6) is 0.609. The number of methoxy groups -OCH3 is 1. The Labute approximate surface area is 101 Å². The Bertz CT molecular complexity index is 327. The summed E-state index contributed by atoms with van der Waals surface area (Å²) >= 11 is 3.20. The van der Waals surface area contributed by atoms with Crippen LogP contribution in [0.1, 0.15) is 0 Å². The number of hydrogen-bond donors (Lipinski definition) is 0. The first kappa shape index (κ1) is 13.1. The van der Waals surface area contributed by atoms with Gasteiger partial charge in [-0.25, -0.2) is 13.8 Å². The minimum Gasteiger partial charge on any atom is -0.481 e. The molecule has 1 heterocycles. The summed E-state index contributed by atoms with van der Waals surface area (Å²) < 4.78 is 29.6. The lowest BCUT2D eigenvalue weighted by molar-refractivity contribution is 0.154. The monoisotopic (exact) mass is 295 g/mol. The summed E-state index contributed by atoms with van der Waals surface area (Å²) in [7, 11) is 1.47. The van der Waals surface area contributed by atoms with E-state index in [1.54, 1.807) is 6.07 Å². The number of anilines is 1. The first-order valence-electron chi connectivity index (χ1n) is 4.63. The lowest BCUT2D eigenvalue weighted by Crippen LogP contribution is -2.32. The minimum absolute atomic E-state index is 0.249. The molecule has 0 amide bonds. The Kier molecular flexibility index (Phi) is 5.37. The van der Waals surface area contributed by atoms with Crippen molar-refractivity contribution in [3.05, 3.63) is 12.3 Å². The molecular weight excluding hydrogens is 284 g/mol. The molecule has 0 aliphatic rings. The average molecular weight is 296 g/mol. The highest BCUT2D eigenvalue weighted by Gasteiger charge is 2.15. The number of ether oxygens (including phenoxy) is 1. The highest BCUT2D eigenvalue weighted by Crippen LogP contribution is 2.13. The second kappa shape index (κ2) is 6.57. The third-order valence-corrected chi connectivity index (χ3v) is 2.18. The third-order valence-electron chi connectivity index (χ3n) is 1.82. The van der Waals surface area contributed by atoms with Gasteiger partial charge in [0.2, 0.25) is 11.8 Å². The molecule has 16 heavy (non-hydrogen) atoms. The van der Waals surface area contributed by atoms with Crippen LogP contribution in [0.5, 0.6) is 5.88 Å². The molecule has 0 bridgehead atoms. The number of hydrogen-bond acceptors (Lipinski definition) is 4. The highest BCUT2D eigenvalue weighted by molar-refractivity contribution is 9.09. The van der Waals surface area contributed by atoms with Crippen LogP contribution in [0, 0.1) is 0 Å². The fraction of sp³-hybridized carbons (Fsp3) is 0.556. The number of rotatable bonds is 6. The molecule has 4 nitrogen and oxygen atoms in total. The van der Waals surface area contributed by atoms with E-state index >= 15 is 0 Å². The van der Waals surface area contributed by atoms with Gasteiger partial charge in [0, 0.05) is 24.1 Å². The van der Waals surface area contributed by atoms with E-state index in [0.29, 0.717) is 17.8 Å². The molecule has 0 atom stereocenters. The Morgan fingerprint density at radius 1 is 1.56 bits per heavy atom. The van der Waals surface area contributed by atoms with E-state index in [1.807, 2.05) is 0 Å². The quantitative estimate of drug-likeness (QED) is 0.752. The van der Waals surface area contributed by atoms with E-state index in [-0.39, 0.29) is 5.95 Å². The standard InChI is InChI=1S/C9H12BrF2N3O/c1-16-8-2-4-13-9(14-8)15(5-3-10)6-7(11)12/h2,4,7H,3,5-6H2,1H3. The molecule has 7 heteroatoms. The third kappa shape index (κ3) is 3.88. The van der Waals surface area contributed by atoms with E-state index < -0.39 is 13.0 Å². The van der Waals surface area contributed by atoms with Crippen LogP contribution in [0.25, 0.3) is 0 Å². The normalized spacial score (nSPS) is 10.6. The van der Waals surface area contributed by atoms with Crippen molar-refractivity contribution in [1.29, 1.82) is 0 Å². The van der Waals surface area contributed by atoms with Crippen LogP contribution in [0.4, 0.5) is 14.7 Å². The molecule has 0 fully saturated rings. The summed E-state index contributed by atoms with van der Waals surface area (Å²) in [6.45, 7) is 0.0241. The largest absolute Gasteiger partial charge is 0.481 e. The summed E-state index contributed by atoms with van der Waals surface area (Å²) in [6.07, 6.45) is -0.942. The zero-order chi connectivity index (χ0) is 12.0. The lowest BCUT2D eigenvalue weighted by Gasteiger charge is -2.21. The van der Waals surface area contributed by atoms with Gasteiger partial charge in [0.15, 0.2) is 0 Å². The van der Waals surface area contributed by atoms with Crippen LogP contribution in [-0.4, -0.2) is 41.9 Å². The number of nitrogens with zero attached hydrogens (tertiary/aromatic N) is 3. The molecule has 0 saturated heterocycles. The van der Waals surface area contributed by atoms with E-state index in [4.69, 9.17) is 4.74 Å². The molecule has 0 radical (unpaired) electrons. The molecule has 0 aliphatic carbocycles. The van der Waals surface area contributed by atoms with Crippen LogP contribution < -0.4 is 9.64 Å². The van der Waals surface area contributed by atoms with E-state index in [1.165, 1.54) is 18.2 Å². The summed E-state index contributed by atoms with van der Waals surface area (Å²) in [5, 5.41) is 0.570. The molecule has 1 rings (SSSR count). The summed E-state index contributed by atoms with van der Waals surface area (Å²) in [5.41, 5.74) is 0. The Morgan fingerprint density at radius 3 is 2.88 bits per heavy atom. The number of aromatic nitrogens is 2. The number of halogens is 3. The first-order valence-corrected chi connectivity index (χ1v) is 5.75. The van der Waals surface area contributed by atoms with Crippen LogP contribution in [0.15, 0.2) is 12.3 Å². The van der Waals surface area contributed by atoms with Crippen molar-refractivity contribution in [3.63, 3.8) is 0 Å². The molecule has 0 spiro atoms. The second-order valence-corrected chi connectivity index (χ2v) is 3.72. The molecule has 90 valence electrons. The maximum Gasteiger partial charge on any atom is 0.255 e. The average Bonchev–Trinajstić information content (AvgIpc) is 2.28. The Balaban J connectivity index is 2.82. The zero-order valence-corrected chi connectivity index (χ0v) is 10.3. The van der Waals surface area contributed by atoms with Gasteiger partial charge in [-0.05, 0) is 0 Å². The fourth-order valence-corrected chi connectivity index (χ4v) is 1.57. The van der Waals surface area contributed by atoms with Gasteiger partial charge in [-0.3, -0.25) is 0 Å². The van der Waals surface area contributed by atoms with Crippen molar-refractivity contribution in [3.8, 4) is 5.88 Å². The Hall–Kier alpha value is -0.980. The van der Waals surface area contributed by atoms with Gasteiger partial charge < -0.3 is 9.64 Å². The molecule has 0 saturated carbocycles. The molecular formula is C9H12BrF2N3O. The van der Waals surface area contributed by atoms with Gasteiger partial charge in [-0.2, -0.15) is 4.98 Å². The van der Waals surface area contributed by atoms with Crippen molar-refractivity contribution in [2.75, 3.05) is 30.4 Å². The van der Waals surface area contributed by atoms with E-state index in [9.17, 15) is 8.78 Å². The smallest absolute Gasteiger partial charge is 0.255 e. The SMILES string of the molecule is COc1ccnc(N(CCBr)CC(F)F)n1. The molecule has 0 unspecified atom stereocenters. The van der Waals surface area contributed by atoms with Crippen molar-refractivity contribution in [2.45, 2.75) is 6.43 Å². The maximum absolute atomic E-state index is 12.3. The van der Waals surface area contributed by atoms with E-state index in [0.717, 1.165) is 0 Å². The minimum atomic E-state index is -2.42. The van der Waals surface area contributed by atoms with Crippen LogP contribution >= 0.6 is 15.9 Å². The van der Waals surface area contributed by atoms with Crippen LogP contribution in [0.2, 0.25) is 0 Å². The van der Waals surface area contributed by atoms with Crippen molar-refractivity contribution in [1.82, 2.24) is 9.97 Å². The fourth-order valence-electron chi connectivity index (χ4n) is 1.14. The zero-order valence-electron chi connectivity index (χ0n) is 8.74. The predicted molar refractivity (Wildman–Crippen MR) is 60.6 cm³/mol. The lowest BCUT2D eigenvalue weighted by atomic mass is 10.5. The highest BCUT2D eigenvalue weighted by atomic mass is 79.9. The summed E-state index contributed by atoms with van der Waals surface area (Å²) in [6, 6.07) is 1.57. The van der Waals surface area contributed by atoms with Crippen LogP contribution in [0.3, 0.4) is 0 Å². The topological polar surface area (TPSA) is 38.2 Å². The maximum atomic E-state index is 12.3. The molecule has 1 aromatic heterocycles. The van der Waals surface area contributed by atoms with Crippen molar-refractivity contribution >= 4 is 21.9 Å². The predicted octanol–water partition coefficient (Wildman–Crippen LogP) is 1.95. The second-order valence-electron chi connectivity index (χ2n) is 2.93. The van der Waals surface area contributed by atoms with Gasteiger partial charge in [-0.1, -0.05) is 15.9 Å². The van der Waals surface area contributed by atoms with Crippen LogP contribution in [-0.2, 0) is 0 Å². The molecule has 0 aliphatic heterocycles.